The van der Waals surface area contributed by atoms with Crippen molar-refractivity contribution < 1.29 is 18.7 Å². The lowest BCUT2D eigenvalue weighted by molar-refractivity contribution is -0.129. The number of carbonyl (C=O) groups is 1. The molecule has 23 heavy (non-hydrogen) atoms. The molecule has 0 aliphatic carbocycles. The normalized spacial score (nSPS) is 28.3. The topological polar surface area (TPSA) is 43.8 Å². The fourth-order valence-electron chi connectivity index (χ4n) is 3.36. The first-order valence-electron chi connectivity index (χ1n) is 7.97. The first-order chi connectivity index (χ1) is 10.8. The summed E-state index contributed by atoms with van der Waals surface area (Å²) in [6.45, 7) is 3.28. The van der Waals surface area contributed by atoms with E-state index in [4.69, 9.17) is 0 Å². The molecule has 0 bridgehead atoms. The number of β-amino-alcohol motifs (C(OH)–C–C–N with tert-alkyl or cyclic N) is 1. The van der Waals surface area contributed by atoms with Gasteiger partial charge in [-0.2, -0.15) is 0 Å². The lowest BCUT2D eigenvalue weighted by Gasteiger charge is -2.36. The van der Waals surface area contributed by atoms with Gasteiger partial charge < -0.3 is 10.0 Å². The number of hydrogen-bond acceptors (Lipinski definition) is 4. The van der Waals surface area contributed by atoms with E-state index in [1.54, 1.807) is 16.2 Å². The van der Waals surface area contributed by atoms with Gasteiger partial charge in [-0.25, -0.2) is 8.78 Å². The van der Waals surface area contributed by atoms with Gasteiger partial charge in [0.25, 0.3) is 5.92 Å². The predicted molar refractivity (Wildman–Crippen MR) is 84.9 cm³/mol. The van der Waals surface area contributed by atoms with E-state index in [0.717, 1.165) is 4.88 Å². The SMILES string of the molecule is Cc1ccc(CC(=O)N2C[C@@H](O)[C@H](N3CCC(F)(F)CC3)C2)s1. The minimum absolute atomic E-state index is 0.00395. The Morgan fingerprint density at radius 3 is 2.65 bits per heavy atom. The zero-order chi connectivity index (χ0) is 16.6. The Kier molecular flexibility index (Phi) is 4.71. The van der Waals surface area contributed by atoms with Crippen LogP contribution >= 0.6 is 11.3 Å². The van der Waals surface area contributed by atoms with E-state index in [-0.39, 0.29) is 37.9 Å². The summed E-state index contributed by atoms with van der Waals surface area (Å²) in [7, 11) is 0. The molecule has 2 aliphatic rings. The third kappa shape index (κ3) is 3.89. The van der Waals surface area contributed by atoms with Gasteiger partial charge in [0.1, 0.15) is 0 Å². The van der Waals surface area contributed by atoms with E-state index >= 15 is 0 Å². The number of aryl methyl sites for hydroxylation is 1. The van der Waals surface area contributed by atoms with Gasteiger partial charge in [-0.05, 0) is 19.1 Å². The third-order valence-electron chi connectivity index (χ3n) is 4.73. The van der Waals surface area contributed by atoms with Crippen LogP contribution in [0.3, 0.4) is 0 Å². The van der Waals surface area contributed by atoms with Crippen LogP contribution in [0.2, 0.25) is 0 Å². The molecule has 2 atom stereocenters. The van der Waals surface area contributed by atoms with E-state index in [0.29, 0.717) is 19.5 Å². The molecule has 128 valence electrons. The average molecular weight is 344 g/mol. The molecule has 4 nitrogen and oxygen atoms in total. The lowest BCUT2D eigenvalue weighted by Crippen LogP contribution is -2.49. The molecule has 2 fully saturated rings. The highest BCUT2D eigenvalue weighted by atomic mass is 32.1. The number of rotatable bonds is 3. The molecule has 0 radical (unpaired) electrons. The zero-order valence-corrected chi connectivity index (χ0v) is 14.0. The van der Waals surface area contributed by atoms with Gasteiger partial charge in [0.05, 0.1) is 18.6 Å². The van der Waals surface area contributed by atoms with Crippen LogP contribution in [0.15, 0.2) is 12.1 Å². The van der Waals surface area contributed by atoms with Gasteiger partial charge in [-0.15, -0.1) is 11.3 Å². The van der Waals surface area contributed by atoms with Crippen LogP contribution in [0.4, 0.5) is 8.78 Å². The van der Waals surface area contributed by atoms with Crippen molar-refractivity contribution in [3.8, 4) is 0 Å². The standard InChI is InChI=1S/C16H22F2N2O2S/c1-11-2-3-12(23-11)8-15(22)20-9-13(14(21)10-20)19-6-4-16(17,18)5-7-19/h2-3,13-14,21H,4-10H2,1H3/t13-,14-/m1/s1. The number of aliphatic hydroxyl groups excluding tert-OH is 1. The van der Waals surface area contributed by atoms with E-state index in [9.17, 15) is 18.7 Å². The molecule has 1 aromatic heterocycles. The van der Waals surface area contributed by atoms with Gasteiger partial charge in [0.2, 0.25) is 5.91 Å². The molecule has 3 heterocycles. The van der Waals surface area contributed by atoms with E-state index in [1.807, 2.05) is 24.0 Å². The van der Waals surface area contributed by atoms with Crippen LogP contribution in [-0.4, -0.2) is 65.1 Å². The molecule has 2 saturated heterocycles. The number of piperidine rings is 1. The Bertz CT molecular complexity index is 568. The molecule has 0 spiro atoms. The minimum atomic E-state index is -2.59. The van der Waals surface area contributed by atoms with Crippen LogP contribution in [0.1, 0.15) is 22.6 Å². The number of nitrogens with zero attached hydrogens (tertiary/aromatic N) is 2. The summed E-state index contributed by atoms with van der Waals surface area (Å²) in [4.78, 5) is 18.1. The van der Waals surface area contributed by atoms with E-state index < -0.39 is 12.0 Å². The fraction of sp³-hybridized carbons (Fsp3) is 0.688. The molecule has 0 unspecified atom stereocenters. The highest BCUT2D eigenvalue weighted by Crippen LogP contribution is 2.30. The number of carbonyl (C=O) groups excluding carboxylic acids is 1. The fourth-order valence-corrected chi connectivity index (χ4v) is 4.24. The number of halogens is 2. The van der Waals surface area contributed by atoms with Gasteiger partial charge in [0, 0.05) is 48.8 Å². The number of aliphatic hydroxyl groups is 1. The molecular weight excluding hydrogens is 322 g/mol. The summed E-state index contributed by atoms with van der Waals surface area (Å²) in [5, 5.41) is 10.2. The molecular formula is C16H22F2N2O2S. The number of thiophene rings is 1. The summed E-state index contributed by atoms with van der Waals surface area (Å²) in [6.07, 6.45) is -0.649. The van der Waals surface area contributed by atoms with Crippen LogP contribution in [0.25, 0.3) is 0 Å². The predicted octanol–water partition coefficient (Wildman–Crippen LogP) is 1.90. The van der Waals surface area contributed by atoms with E-state index in [2.05, 4.69) is 0 Å². The maximum absolute atomic E-state index is 13.3. The number of hydrogen-bond donors (Lipinski definition) is 1. The van der Waals surface area contributed by atoms with Crippen molar-refractivity contribution in [2.24, 2.45) is 0 Å². The van der Waals surface area contributed by atoms with Crippen molar-refractivity contribution in [1.29, 1.82) is 0 Å². The zero-order valence-electron chi connectivity index (χ0n) is 13.2. The monoisotopic (exact) mass is 344 g/mol. The first kappa shape index (κ1) is 16.8. The second kappa shape index (κ2) is 6.45. The second-order valence-electron chi connectivity index (χ2n) is 6.51. The smallest absolute Gasteiger partial charge is 0.250 e. The average Bonchev–Trinajstić information content (AvgIpc) is 3.05. The Balaban J connectivity index is 1.56. The summed E-state index contributed by atoms with van der Waals surface area (Å²) < 4.78 is 26.5. The molecule has 3 rings (SSSR count). The summed E-state index contributed by atoms with van der Waals surface area (Å²) in [6, 6.07) is 3.72. The maximum atomic E-state index is 13.3. The molecule has 1 aromatic rings. The van der Waals surface area contributed by atoms with Crippen LogP contribution < -0.4 is 0 Å². The van der Waals surface area contributed by atoms with E-state index in [1.165, 1.54) is 4.88 Å². The van der Waals surface area contributed by atoms with Gasteiger partial charge in [-0.1, -0.05) is 0 Å². The van der Waals surface area contributed by atoms with Gasteiger partial charge in [0.15, 0.2) is 0 Å². The number of likely N-dealkylation sites (tertiary alicyclic amines) is 2. The van der Waals surface area contributed by atoms with Crippen LogP contribution in [0.5, 0.6) is 0 Å². The Morgan fingerprint density at radius 2 is 2.04 bits per heavy atom. The van der Waals surface area contributed by atoms with Gasteiger partial charge in [-0.3, -0.25) is 9.69 Å². The number of amides is 1. The highest BCUT2D eigenvalue weighted by Gasteiger charge is 2.42. The number of alkyl halides is 2. The van der Waals surface area contributed by atoms with Crippen molar-refractivity contribution in [2.45, 2.75) is 44.3 Å². The quantitative estimate of drug-likeness (QED) is 0.911. The van der Waals surface area contributed by atoms with Crippen LogP contribution in [-0.2, 0) is 11.2 Å². The molecule has 0 aromatic carbocycles. The summed E-state index contributed by atoms with van der Waals surface area (Å²) in [5.74, 6) is -2.59. The highest BCUT2D eigenvalue weighted by molar-refractivity contribution is 7.12. The maximum Gasteiger partial charge on any atom is 0.250 e. The molecule has 0 saturated carbocycles. The minimum Gasteiger partial charge on any atom is -0.390 e. The molecule has 7 heteroatoms. The Labute approximate surface area is 138 Å². The van der Waals surface area contributed by atoms with Crippen molar-refractivity contribution in [3.05, 3.63) is 21.9 Å². The lowest BCUT2D eigenvalue weighted by atomic mass is 10.0. The van der Waals surface area contributed by atoms with Crippen molar-refractivity contribution in [2.75, 3.05) is 26.2 Å². The first-order valence-corrected chi connectivity index (χ1v) is 8.79. The second-order valence-corrected chi connectivity index (χ2v) is 7.89. The van der Waals surface area contributed by atoms with Crippen molar-refractivity contribution >= 4 is 17.2 Å². The third-order valence-corrected chi connectivity index (χ3v) is 5.73. The van der Waals surface area contributed by atoms with Crippen molar-refractivity contribution in [1.82, 2.24) is 9.80 Å². The Hall–Kier alpha value is -1.05. The van der Waals surface area contributed by atoms with Gasteiger partial charge >= 0.3 is 0 Å². The Morgan fingerprint density at radius 1 is 1.35 bits per heavy atom. The molecule has 2 aliphatic heterocycles. The van der Waals surface area contributed by atoms with Crippen LogP contribution in [0, 0.1) is 6.92 Å². The molecule has 1 amide bonds. The largest absolute Gasteiger partial charge is 0.390 e. The molecule has 1 N–H and O–H groups in total. The summed E-state index contributed by atoms with van der Waals surface area (Å²) >= 11 is 1.60. The summed E-state index contributed by atoms with van der Waals surface area (Å²) in [5.41, 5.74) is 0. The van der Waals surface area contributed by atoms with Crippen molar-refractivity contribution in [3.63, 3.8) is 0 Å².